The van der Waals surface area contributed by atoms with Gasteiger partial charge in [0.2, 0.25) is 4.58 Å². The van der Waals surface area contributed by atoms with Crippen LogP contribution in [0.15, 0.2) is 0 Å². The van der Waals surface area contributed by atoms with Crippen molar-refractivity contribution in [1.29, 1.82) is 0 Å². The van der Waals surface area contributed by atoms with E-state index in [1.54, 1.807) is 13.8 Å². The Morgan fingerprint density at radius 2 is 1.29 bits per heavy atom. The van der Waals surface area contributed by atoms with E-state index in [2.05, 4.69) is 27.7 Å². The van der Waals surface area contributed by atoms with Crippen LogP contribution in [0.3, 0.4) is 0 Å². The molecular formula is C23H48O9S2. The maximum atomic E-state index is 12.7. The van der Waals surface area contributed by atoms with E-state index in [-0.39, 0.29) is 31.2 Å². The van der Waals surface area contributed by atoms with Crippen LogP contribution in [0.5, 0.6) is 0 Å². The first-order chi connectivity index (χ1) is 15.8. The number of rotatable bonds is 21. The average Bonchev–Trinajstić information content (AvgIpc) is 2.76. The van der Waals surface area contributed by atoms with E-state index in [0.29, 0.717) is 32.5 Å². The zero-order valence-electron chi connectivity index (χ0n) is 22.4. The summed E-state index contributed by atoms with van der Waals surface area (Å²) in [7, 11) is -8.86. The summed E-state index contributed by atoms with van der Waals surface area (Å²) in [5.74, 6) is 0. The van der Waals surface area contributed by atoms with E-state index in [9.17, 15) is 16.8 Å². The second-order valence-corrected chi connectivity index (χ2v) is 12.7. The number of unbranched alkanes of at least 4 members (excludes halogenated alkanes) is 1. The van der Waals surface area contributed by atoms with Gasteiger partial charge in [-0.05, 0) is 51.9 Å². The van der Waals surface area contributed by atoms with E-state index >= 15 is 0 Å². The molecule has 0 aliphatic rings. The van der Waals surface area contributed by atoms with Crippen LogP contribution in [-0.2, 0) is 42.8 Å². The molecule has 11 heteroatoms. The maximum absolute atomic E-state index is 12.7. The molecule has 0 amide bonds. The van der Waals surface area contributed by atoms with Gasteiger partial charge >= 0.3 is 0 Å². The van der Waals surface area contributed by atoms with Crippen LogP contribution in [0.4, 0.5) is 0 Å². The number of ether oxygens (including phenoxy) is 3. The molecule has 0 rings (SSSR count). The van der Waals surface area contributed by atoms with Crippen molar-refractivity contribution in [2.45, 2.75) is 117 Å². The average molecular weight is 533 g/mol. The van der Waals surface area contributed by atoms with Gasteiger partial charge in [-0.3, -0.25) is 4.18 Å². The third kappa shape index (κ3) is 12.1. The SMILES string of the molecule is CCCCC(S(=O)(=O)OC(C)CC)S(=O)(=O)OC(C)OCCOCCOC(C)C(C)(CC)CC. The lowest BCUT2D eigenvalue weighted by atomic mass is 9.80. The zero-order chi connectivity index (χ0) is 26.4. The molecule has 9 nitrogen and oxygen atoms in total. The highest BCUT2D eigenvalue weighted by Crippen LogP contribution is 2.31. The molecule has 0 bridgehead atoms. The van der Waals surface area contributed by atoms with Crippen LogP contribution in [-0.4, -0.2) is 66.3 Å². The van der Waals surface area contributed by atoms with Gasteiger partial charge in [0.15, 0.2) is 6.29 Å². The van der Waals surface area contributed by atoms with Crippen molar-refractivity contribution < 1.29 is 39.4 Å². The normalized spacial score (nSPS) is 16.8. The molecule has 0 saturated carbocycles. The predicted molar refractivity (Wildman–Crippen MR) is 133 cm³/mol. The van der Waals surface area contributed by atoms with Crippen molar-refractivity contribution in [2.75, 3.05) is 26.4 Å². The summed E-state index contributed by atoms with van der Waals surface area (Å²) in [4.78, 5) is 0. The molecule has 0 saturated heterocycles. The highest BCUT2D eigenvalue weighted by molar-refractivity contribution is 8.04. The Kier molecular flexibility index (Phi) is 16.3. The molecule has 0 aliphatic heterocycles. The molecule has 34 heavy (non-hydrogen) atoms. The highest BCUT2D eigenvalue weighted by Gasteiger charge is 2.41. The van der Waals surface area contributed by atoms with Gasteiger partial charge in [0.25, 0.3) is 20.2 Å². The molecule has 0 aliphatic carbocycles. The lowest BCUT2D eigenvalue weighted by molar-refractivity contribution is -0.0896. The Labute approximate surface area is 208 Å². The van der Waals surface area contributed by atoms with E-state index in [1.165, 1.54) is 6.92 Å². The van der Waals surface area contributed by atoms with Crippen LogP contribution in [0.1, 0.15) is 93.9 Å². The van der Waals surface area contributed by atoms with Crippen LogP contribution >= 0.6 is 0 Å². The van der Waals surface area contributed by atoms with Crippen molar-refractivity contribution in [1.82, 2.24) is 0 Å². The minimum atomic E-state index is -4.48. The molecule has 0 fully saturated rings. The molecular weight excluding hydrogens is 484 g/mol. The highest BCUT2D eigenvalue weighted by atomic mass is 32.3. The Morgan fingerprint density at radius 1 is 0.765 bits per heavy atom. The van der Waals surface area contributed by atoms with Gasteiger partial charge in [0.05, 0.1) is 38.6 Å². The largest absolute Gasteiger partial charge is 0.377 e. The predicted octanol–water partition coefficient (Wildman–Crippen LogP) is 4.60. The maximum Gasteiger partial charge on any atom is 0.289 e. The fourth-order valence-corrected chi connectivity index (χ4v) is 6.74. The minimum Gasteiger partial charge on any atom is -0.377 e. The van der Waals surface area contributed by atoms with Crippen molar-refractivity contribution in [3.05, 3.63) is 0 Å². The first kappa shape index (κ1) is 33.7. The van der Waals surface area contributed by atoms with E-state index in [4.69, 9.17) is 22.6 Å². The molecule has 206 valence electrons. The standard InChI is InChI=1S/C23H48O9S2/c1-9-13-14-22(33(24,25)31-19(5)10-2)34(26,27)32-21(7)30-18-16-28-15-17-29-20(6)23(8,11-3)12-4/h19-22H,9-18H2,1-8H3. The molecule has 0 aromatic heterocycles. The van der Waals surface area contributed by atoms with Crippen LogP contribution < -0.4 is 0 Å². The van der Waals surface area contributed by atoms with Crippen LogP contribution in [0.2, 0.25) is 0 Å². The molecule has 4 atom stereocenters. The smallest absolute Gasteiger partial charge is 0.289 e. The molecule has 0 aromatic carbocycles. The topological polar surface area (TPSA) is 114 Å². The summed E-state index contributed by atoms with van der Waals surface area (Å²) in [5.41, 5.74) is 0.128. The molecule has 0 aromatic rings. The van der Waals surface area contributed by atoms with Crippen LogP contribution in [0, 0.1) is 5.41 Å². The first-order valence-corrected chi connectivity index (χ1v) is 15.4. The summed E-state index contributed by atoms with van der Waals surface area (Å²) in [6.07, 6.45) is 1.74. The number of hydrogen-bond acceptors (Lipinski definition) is 9. The van der Waals surface area contributed by atoms with Gasteiger partial charge in [-0.25, -0.2) is 4.18 Å². The van der Waals surface area contributed by atoms with Crippen LogP contribution in [0.25, 0.3) is 0 Å². The van der Waals surface area contributed by atoms with Crippen molar-refractivity contribution in [3.8, 4) is 0 Å². The Bertz CT molecular complexity index is 734. The lowest BCUT2D eigenvalue weighted by Gasteiger charge is -2.33. The second-order valence-electron chi connectivity index (χ2n) is 8.89. The summed E-state index contributed by atoms with van der Waals surface area (Å²) in [6.45, 7) is 16.3. The molecule has 4 unspecified atom stereocenters. The fraction of sp³-hybridized carbons (Fsp3) is 1.00. The van der Waals surface area contributed by atoms with Gasteiger partial charge in [-0.2, -0.15) is 16.8 Å². The first-order valence-electron chi connectivity index (χ1n) is 12.4. The molecule has 0 spiro atoms. The van der Waals surface area contributed by atoms with E-state index in [0.717, 1.165) is 12.8 Å². The van der Waals surface area contributed by atoms with E-state index < -0.39 is 37.2 Å². The van der Waals surface area contributed by atoms with Gasteiger partial charge in [-0.1, -0.05) is 47.5 Å². The lowest BCUT2D eigenvalue weighted by Crippen LogP contribution is -2.37. The van der Waals surface area contributed by atoms with Crippen molar-refractivity contribution >= 4 is 20.2 Å². The van der Waals surface area contributed by atoms with Gasteiger partial charge < -0.3 is 14.2 Å². The number of hydrogen-bond donors (Lipinski definition) is 0. The Balaban J connectivity index is 4.60. The molecule has 0 heterocycles. The van der Waals surface area contributed by atoms with Gasteiger partial charge in [0.1, 0.15) is 0 Å². The monoisotopic (exact) mass is 532 g/mol. The Hall–Kier alpha value is -0.300. The second kappa shape index (κ2) is 16.4. The molecule has 0 radical (unpaired) electrons. The van der Waals surface area contributed by atoms with Gasteiger partial charge in [-0.15, -0.1) is 0 Å². The third-order valence-corrected chi connectivity index (χ3v) is 10.7. The van der Waals surface area contributed by atoms with Crippen molar-refractivity contribution in [2.24, 2.45) is 5.41 Å². The summed E-state index contributed by atoms with van der Waals surface area (Å²) < 4.78 is 75.6. The summed E-state index contributed by atoms with van der Waals surface area (Å²) in [5, 5.41) is 0. The summed E-state index contributed by atoms with van der Waals surface area (Å²) >= 11 is 0. The minimum absolute atomic E-state index is 0.0869. The summed E-state index contributed by atoms with van der Waals surface area (Å²) in [6, 6.07) is 0. The fourth-order valence-electron chi connectivity index (χ4n) is 3.13. The zero-order valence-corrected chi connectivity index (χ0v) is 24.0. The Morgan fingerprint density at radius 3 is 1.79 bits per heavy atom. The quantitative estimate of drug-likeness (QED) is 0.119. The van der Waals surface area contributed by atoms with E-state index in [1.807, 2.05) is 6.92 Å². The third-order valence-electron chi connectivity index (χ3n) is 6.35. The van der Waals surface area contributed by atoms with Crippen molar-refractivity contribution in [3.63, 3.8) is 0 Å². The molecule has 0 N–H and O–H groups in total. The van der Waals surface area contributed by atoms with Gasteiger partial charge in [0, 0.05) is 0 Å².